The number of hydrogen-bond acceptors (Lipinski definition) is 3. The zero-order valence-electron chi connectivity index (χ0n) is 7.62. The molecule has 1 fully saturated rings. The highest BCUT2D eigenvalue weighted by molar-refractivity contribution is 6.29. The summed E-state index contributed by atoms with van der Waals surface area (Å²) in [6, 6.07) is 1.90. The maximum atomic E-state index is 5.88. The predicted molar refractivity (Wildman–Crippen MR) is 51.2 cm³/mol. The van der Waals surface area contributed by atoms with Crippen molar-refractivity contribution >= 4 is 11.6 Å². The van der Waals surface area contributed by atoms with Crippen LogP contribution >= 0.6 is 11.6 Å². The van der Waals surface area contributed by atoms with Crippen LogP contribution in [0.2, 0.25) is 5.15 Å². The van der Waals surface area contributed by atoms with Crippen LogP contribution in [0.15, 0.2) is 12.3 Å². The third kappa shape index (κ3) is 1.10. The summed E-state index contributed by atoms with van der Waals surface area (Å²) in [6.07, 6.45) is 2.71. The Morgan fingerprint density at radius 2 is 2.43 bits per heavy atom. The van der Waals surface area contributed by atoms with Gasteiger partial charge in [0.15, 0.2) is 0 Å². The molecular weight excluding hydrogens is 202 g/mol. The fraction of sp³-hybridized carbons (Fsp3) is 0.500. The van der Waals surface area contributed by atoms with Gasteiger partial charge in [0.05, 0.1) is 13.2 Å². The largest absolute Gasteiger partial charge is 0.378 e. The fourth-order valence-electron chi connectivity index (χ4n) is 2.16. The first-order chi connectivity index (χ1) is 6.80. The molecule has 1 saturated heterocycles. The van der Waals surface area contributed by atoms with Crippen LogP contribution in [0.1, 0.15) is 17.5 Å². The van der Waals surface area contributed by atoms with Crippen molar-refractivity contribution in [1.29, 1.82) is 0 Å². The van der Waals surface area contributed by atoms with Gasteiger partial charge in [-0.1, -0.05) is 11.6 Å². The number of ether oxygens (including phenoxy) is 2. The van der Waals surface area contributed by atoms with E-state index in [4.69, 9.17) is 21.1 Å². The van der Waals surface area contributed by atoms with Crippen molar-refractivity contribution in [3.05, 3.63) is 28.5 Å². The fourth-order valence-corrected chi connectivity index (χ4v) is 2.32. The SMILES string of the molecule is Clc1cc2c(cn1)COC21CCOC1. The highest BCUT2D eigenvalue weighted by atomic mass is 35.5. The quantitative estimate of drug-likeness (QED) is 0.614. The number of rotatable bonds is 0. The van der Waals surface area contributed by atoms with E-state index in [9.17, 15) is 0 Å². The first-order valence-corrected chi connectivity index (χ1v) is 5.05. The summed E-state index contributed by atoms with van der Waals surface area (Å²) in [7, 11) is 0. The molecule has 2 aliphatic heterocycles. The van der Waals surface area contributed by atoms with Gasteiger partial charge < -0.3 is 9.47 Å². The molecular formula is C10H10ClNO2. The minimum absolute atomic E-state index is 0.234. The summed E-state index contributed by atoms with van der Waals surface area (Å²) < 4.78 is 11.2. The van der Waals surface area contributed by atoms with Gasteiger partial charge >= 0.3 is 0 Å². The standard InChI is InChI=1S/C10H10ClNO2/c11-9-3-8-7(4-12-9)5-14-10(8)1-2-13-6-10/h3-4H,1-2,5-6H2. The number of aromatic nitrogens is 1. The monoisotopic (exact) mass is 211 g/mol. The van der Waals surface area contributed by atoms with Crippen LogP contribution in [0, 0.1) is 0 Å². The van der Waals surface area contributed by atoms with Crippen molar-refractivity contribution < 1.29 is 9.47 Å². The molecule has 2 aliphatic rings. The summed E-state index contributed by atoms with van der Waals surface area (Å²) in [6.45, 7) is 2.03. The lowest BCUT2D eigenvalue weighted by Crippen LogP contribution is -2.25. The Bertz CT molecular complexity index is 374. The van der Waals surface area contributed by atoms with Crippen molar-refractivity contribution in [3.8, 4) is 0 Å². The van der Waals surface area contributed by atoms with Gasteiger partial charge in [-0.05, 0) is 11.6 Å². The normalized spacial score (nSPS) is 29.8. The summed E-state index contributed by atoms with van der Waals surface area (Å²) >= 11 is 5.88. The van der Waals surface area contributed by atoms with Gasteiger partial charge in [0, 0.05) is 24.8 Å². The van der Waals surface area contributed by atoms with Crippen molar-refractivity contribution in [2.45, 2.75) is 18.6 Å². The Morgan fingerprint density at radius 3 is 3.21 bits per heavy atom. The summed E-state index contributed by atoms with van der Waals surface area (Å²) in [5, 5.41) is 0.528. The minimum Gasteiger partial charge on any atom is -0.378 e. The van der Waals surface area contributed by atoms with Crippen molar-refractivity contribution in [2.75, 3.05) is 13.2 Å². The number of hydrogen-bond donors (Lipinski definition) is 0. The zero-order chi connectivity index (χ0) is 9.60. The predicted octanol–water partition coefficient (Wildman–Crippen LogP) is 1.88. The van der Waals surface area contributed by atoms with E-state index in [-0.39, 0.29) is 5.60 Å². The van der Waals surface area contributed by atoms with Crippen LogP contribution in [0.5, 0.6) is 0 Å². The molecule has 0 aliphatic carbocycles. The van der Waals surface area contributed by atoms with Gasteiger partial charge in [0.2, 0.25) is 0 Å². The molecule has 0 bridgehead atoms. The van der Waals surface area contributed by atoms with E-state index in [2.05, 4.69) is 4.98 Å². The number of pyridine rings is 1. The van der Waals surface area contributed by atoms with E-state index in [1.54, 1.807) is 6.20 Å². The van der Waals surface area contributed by atoms with Crippen molar-refractivity contribution in [1.82, 2.24) is 4.98 Å². The van der Waals surface area contributed by atoms with Gasteiger partial charge in [-0.25, -0.2) is 4.98 Å². The van der Waals surface area contributed by atoms with Crippen LogP contribution < -0.4 is 0 Å². The van der Waals surface area contributed by atoms with Crippen LogP contribution in [-0.4, -0.2) is 18.2 Å². The summed E-state index contributed by atoms with van der Waals surface area (Å²) in [5.41, 5.74) is 2.07. The minimum atomic E-state index is -0.234. The van der Waals surface area contributed by atoms with Gasteiger partial charge in [-0.15, -0.1) is 0 Å². The summed E-state index contributed by atoms with van der Waals surface area (Å²) in [5.74, 6) is 0. The van der Waals surface area contributed by atoms with Gasteiger partial charge in [-0.3, -0.25) is 0 Å². The maximum absolute atomic E-state index is 5.88. The Hall–Kier alpha value is -0.640. The molecule has 74 valence electrons. The molecule has 14 heavy (non-hydrogen) atoms. The Balaban J connectivity index is 2.12. The van der Waals surface area contributed by atoms with Crippen LogP contribution in [0.3, 0.4) is 0 Å². The lowest BCUT2D eigenvalue weighted by Gasteiger charge is -2.21. The molecule has 3 nitrogen and oxygen atoms in total. The third-order valence-electron chi connectivity index (χ3n) is 2.93. The molecule has 0 saturated carbocycles. The van der Waals surface area contributed by atoms with E-state index in [0.29, 0.717) is 18.4 Å². The molecule has 1 atom stereocenters. The molecule has 1 unspecified atom stereocenters. The molecule has 4 heteroatoms. The van der Waals surface area contributed by atoms with E-state index >= 15 is 0 Å². The number of fused-ring (bicyclic) bond motifs is 2. The Labute approximate surface area is 87.0 Å². The van der Waals surface area contributed by atoms with Crippen LogP contribution in [0.4, 0.5) is 0 Å². The van der Waals surface area contributed by atoms with Gasteiger partial charge in [0.25, 0.3) is 0 Å². The lowest BCUT2D eigenvalue weighted by molar-refractivity contribution is -0.0421. The first-order valence-electron chi connectivity index (χ1n) is 4.67. The highest BCUT2D eigenvalue weighted by Crippen LogP contribution is 2.42. The number of nitrogens with zero attached hydrogens (tertiary/aromatic N) is 1. The molecule has 0 amide bonds. The molecule has 0 aromatic carbocycles. The van der Waals surface area contributed by atoms with E-state index < -0.39 is 0 Å². The molecule has 0 N–H and O–H groups in total. The second-order valence-electron chi connectivity index (χ2n) is 3.75. The smallest absolute Gasteiger partial charge is 0.129 e. The average Bonchev–Trinajstić information content (AvgIpc) is 2.77. The highest BCUT2D eigenvalue weighted by Gasteiger charge is 2.43. The molecule has 1 aromatic rings. The molecule has 1 aromatic heterocycles. The molecule has 3 heterocycles. The Morgan fingerprint density at radius 1 is 1.50 bits per heavy atom. The van der Waals surface area contributed by atoms with Gasteiger partial charge in [-0.2, -0.15) is 0 Å². The van der Waals surface area contributed by atoms with Crippen molar-refractivity contribution in [2.24, 2.45) is 0 Å². The van der Waals surface area contributed by atoms with E-state index in [1.807, 2.05) is 6.07 Å². The average molecular weight is 212 g/mol. The third-order valence-corrected chi connectivity index (χ3v) is 3.14. The molecule has 3 rings (SSSR count). The van der Waals surface area contributed by atoms with E-state index in [1.165, 1.54) is 0 Å². The van der Waals surface area contributed by atoms with Crippen LogP contribution in [-0.2, 0) is 21.7 Å². The maximum Gasteiger partial charge on any atom is 0.129 e. The van der Waals surface area contributed by atoms with Gasteiger partial charge in [0.1, 0.15) is 10.8 Å². The second-order valence-corrected chi connectivity index (χ2v) is 4.14. The topological polar surface area (TPSA) is 31.4 Å². The van der Waals surface area contributed by atoms with Crippen LogP contribution in [0.25, 0.3) is 0 Å². The first kappa shape index (κ1) is 8.65. The number of halogens is 1. The molecule has 1 spiro atoms. The van der Waals surface area contributed by atoms with E-state index in [0.717, 1.165) is 24.2 Å². The lowest BCUT2D eigenvalue weighted by atomic mass is 9.93. The summed E-state index contributed by atoms with van der Waals surface area (Å²) in [4.78, 5) is 4.05. The van der Waals surface area contributed by atoms with Crippen molar-refractivity contribution in [3.63, 3.8) is 0 Å². The zero-order valence-corrected chi connectivity index (χ0v) is 8.38. The Kier molecular flexibility index (Phi) is 1.81. The molecule has 0 radical (unpaired) electrons. The second kappa shape index (κ2) is 2.92.